The Morgan fingerprint density at radius 1 is 1.25 bits per heavy atom. The summed E-state index contributed by atoms with van der Waals surface area (Å²) in [6.45, 7) is 0. The zero-order valence-corrected chi connectivity index (χ0v) is 8.03. The van der Waals surface area contributed by atoms with Gasteiger partial charge in [0.1, 0.15) is 5.52 Å². The molecular formula is C10H6N4O2. The van der Waals surface area contributed by atoms with Gasteiger partial charge in [-0.05, 0) is 12.1 Å². The van der Waals surface area contributed by atoms with Gasteiger partial charge >= 0.3 is 5.97 Å². The third-order valence-corrected chi connectivity index (χ3v) is 2.34. The fraction of sp³-hybridized carbons (Fsp3) is 0. The van der Waals surface area contributed by atoms with Crippen LogP contribution < -0.4 is 0 Å². The second-order valence-electron chi connectivity index (χ2n) is 3.29. The number of hydrogen-bond donors (Lipinski definition) is 1. The van der Waals surface area contributed by atoms with Crippen molar-refractivity contribution in [2.75, 3.05) is 0 Å². The van der Waals surface area contributed by atoms with E-state index in [4.69, 9.17) is 5.11 Å². The predicted octanol–water partition coefficient (Wildman–Crippen LogP) is 0.976. The lowest BCUT2D eigenvalue weighted by Gasteiger charge is -2.02. The molecule has 3 rings (SSSR count). The number of rotatable bonds is 1. The number of aromatic carboxylic acids is 1. The Morgan fingerprint density at radius 3 is 2.88 bits per heavy atom. The molecule has 0 saturated heterocycles. The van der Waals surface area contributed by atoms with E-state index in [9.17, 15) is 4.79 Å². The smallest absolute Gasteiger partial charge is 0.356 e. The van der Waals surface area contributed by atoms with E-state index in [0.29, 0.717) is 11.0 Å². The maximum Gasteiger partial charge on any atom is 0.356 e. The molecule has 0 spiro atoms. The summed E-state index contributed by atoms with van der Waals surface area (Å²) in [4.78, 5) is 15.1. The van der Waals surface area contributed by atoms with E-state index < -0.39 is 5.97 Å². The highest BCUT2D eigenvalue weighted by atomic mass is 16.4. The van der Waals surface area contributed by atoms with E-state index in [0.717, 1.165) is 5.52 Å². The number of fused-ring (bicyclic) bond motifs is 3. The Morgan fingerprint density at radius 2 is 2.06 bits per heavy atom. The van der Waals surface area contributed by atoms with Crippen molar-refractivity contribution in [1.29, 1.82) is 0 Å². The number of nitrogens with zero attached hydrogens (tertiary/aromatic N) is 4. The van der Waals surface area contributed by atoms with Crippen LogP contribution in [-0.2, 0) is 0 Å². The number of carbonyl (C=O) groups is 1. The van der Waals surface area contributed by atoms with Gasteiger partial charge in [0.05, 0.1) is 17.2 Å². The first-order valence-corrected chi connectivity index (χ1v) is 4.60. The van der Waals surface area contributed by atoms with Gasteiger partial charge in [0.15, 0.2) is 5.69 Å². The van der Waals surface area contributed by atoms with Crippen molar-refractivity contribution in [2.45, 2.75) is 0 Å². The number of carboxylic acids is 1. The minimum absolute atomic E-state index is 0.0382. The summed E-state index contributed by atoms with van der Waals surface area (Å²) in [5.74, 6) is -1.09. The van der Waals surface area contributed by atoms with Crippen LogP contribution in [0.1, 0.15) is 10.5 Å². The van der Waals surface area contributed by atoms with Crippen LogP contribution in [0.4, 0.5) is 0 Å². The quantitative estimate of drug-likeness (QED) is 0.653. The standard InChI is InChI=1S/C10H6N4O2/c15-10(16)9-8-5-11-13-14(8)7-4-2-1-3-6(7)12-9/h1-5H,(H,15,16). The summed E-state index contributed by atoms with van der Waals surface area (Å²) < 4.78 is 1.48. The zero-order chi connectivity index (χ0) is 11.1. The largest absolute Gasteiger partial charge is 0.476 e. The average Bonchev–Trinajstić information content (AvgIpc) is 2.76. The van der Waals surface area contributed by atoms with Gasteiger partial charge in [-0.15, -0.1) is 5.10 Å². The Hall–Kier alpha value is -2.50. The molecule has 0 saturated carbocycles. The summed E-state index contributed by atoms with van der Waals surface area (Å²) in [7, 11) is 0. The molecule has 0 radical (unpaired) electrons. The van der Waals surface area contributed by atoms with Crippen LogP contribution in [0.15, 0.2) is 30.5 Å². The summed E-state index contributed by atoms with van der Waals surface area (Å²) in [6, 6.07) is 7.19. The van der Waals surface area contributed by atoms with Crippen LogP contribution >= 0.6 is 0 Å². The van der Waals surface area contributed by atoms with Crippen molar-refractivity contribution >= 4 is 22.5 Å². The molecule has 6 nitrogen and oxygen atoms in total. The first-order valence-electron chi connectivity index (χ1n) is 4.60. The Bertz CT molecular complexity index is 704. The molecule has 0 aliphatic heterocycles. The minimum Gasteiger partial charge on any atom is -0.476 e. The molecule has 1 aromatic carbocycles. The van der Waals surface area contributed by atoms with Crippen LogP contribution in [-0.4, -0.2) is 30.9 Å². The van der Waals surface area contributed by atoms with Crippen molar-refractivity contribution in [3.63, 3.8) is 0 Å². The van der Waals surface area contributed by atoms with Gasteiger partial charge in [-0.3, -0.25) is 0 Å². The third-order valence-electron chi connectivity index (χ3n) is 2.34. The highest BCUT2D eigenvalue weighted by Gasteiger charge is 2.14. The predicted molar refractivity (Wildman–Crippen MR) is 55.2 cm³/mol. The van der Waals surface area contributed by atoms with Gasteiger partial charge in [-0.2, -0.15) is 0 Å². The van der Waals surface area contributed by atoms with E-state index in [1.165, 1.54) is 10.7 Å². The van der Waals surface area contributed by atoms with E-state index >= 15 is 0 Å². The number of aromatic nitrogens is 4. The topological polar surface area (TPSA) is 80.4 Å². The van der Waals surface area contributed by atoms with E-state index in [2.05, 4.69) is 15.3 Å². The third kappa shape index (κ3) is 1.07. The maximum absolute atomic E-state index is 11.0. The van der Waals surface area contributed by atoms with E-state index in [-0.39, 0.29) is 5.69 Å². The number of para-hydroxylation sites is 2. The van der Waals surface area contributed by atoms with Crippen LogP contribution in [0, 0.1) is 0 Å². The maximum atomic E-state index is 11.0. The van der Waals surface area contributed by atoms with Crippen molar-refractivity contribution in [2.24, 2.45) is 0 Å². The summed E-state index contributed by atoms with van der Waals surface area (Å²) in [6.07, 6.45) is 1.39. The van der Waals surface area contributed by atoms with Gasteiger partial charge in [0.25, 0.3) is 0 Å². The molecule has 6 heteroatoms. The normalized spacial score (nSPS) is 11.0. The molecule has 0 bridgehead atoms. The van der Waals surface area contributed by atoms with Crippen LogP contribution in [0.2, 0.25) is 0 Å². The van der Waals surface area contributed by atoms with Gasteiger partial charge in [-0.1, -0.05) is 17.3 Å². The highest BCUT2D eigenvalue weighted by molar-refractivity contribution is 5.96. The van der Waals surface area contributed by atoms with E-state index in [1.54, 1.807) is 12.1 Å². The molecule has 0 atom stereocenters. The highest BCUT2D eigenvalue weighted by Crippen LogP contribution is 2.16. The second kappa shape index (κ2) is 2.99. The molecule has 0 unspecified atom stereocenters. The average molecular weight is 214 g/mol. The van der Waals surface area contributed by atoms with Crippen LogP contribution in [0.3, 0.4) is 0 Å². The molecule has 0 fully saturated rings. The molecule has 0 aliphatic rings. The lowest BCUT2D eigenvalue weighted by Crippen LogP contribution is -2.05. The zero-order valence-electron chi connectivity index (χ0n) is 8.03. The summed E-state index contributed by atoms with van der Waals surface area (Å²) in [5, 5.41) is 16.6. The molecule has 16 heavy (non-hydrogen) atoms. The Labute approximate surface area is 89.1 Å². The molecular weight excluding hydrogens is 208 g/mol. The molecule has 78 valence electrons. The van der Waals surface area contributed by atoms with Crippen molar-refractivity contribution in [3.8, 4) is 0 Å². The number of carboxylic acid groups (broad SMARTS) is 1. The van der Waals surface area contributed by atoms with Crippen molar-refractivity contribution in [1.82, 2.24) is 19.8 Å². The first kappa shape index (κ1) is 8.78. The van der Waals surface area contributed by atoms with Crippen molar-refractivity contribution in [3.05, 3.63) is 36.2 Å². The molecule has 0 amide bonds. The summed E-state index contributed by atoms with van der Waals surface area (Å²) in [5.41, 5.74) is 1.67. The lowest BCUT2D eigenvalue weighted by molar-refractivity contribution is 0.0693. The molecule has 0 aliphatic carbocycles. The fourth-order valence-corrected chi connectivity index (χ4v) is 1.65. The fourth-order valence-electron chi connectivity index (χ4n) is 1.65. The summed E-state index contributed by atoms with van der Waals surface area (Å²) >= 11 is 0. The molecule has 1 N–H and O–H groups in total. The van der Waals surface area contributed by atoms with Gasteiger partial charge in [0, 0.05) is 0 Å². The van der Waals surface area contributed by atoms with Gasteiger partial charge < -0.3 is 5.11 Å². The Kier molecular flexibility index (Phi) is 1.64. The lowest BCUT2D eigenvalue weighted by atomic mass is 10.2. The van der Waals surface area contributed by atoms with Crippen LogP contribution in [0.5, 0.6) is 0 Å². The second-order valence-corrected chi connectivity index (χ2v) is 3.29. The van der Waals surface area contributed by atoms with Crippen molar-refractivity contribution < 1.29 is 9.90 Å². The minimum atomic E-state index is -1.09. The molecule has 3 aromatic rings. The molecule has 2 aromatic heterocycles. The molecule has 2 heterocycles. The number of benzene rings is 1. The van der Waals surface area contributed by atoms with Gasteiger partial charge in [0.2, 0.25) is 0 Å². The Balaban J connectivity index is 2.58. The van der Waals surface area contributed by atoms with Gasteiger partial charge in [-0.25, -0.2) is 14.3 Å². The SMILES string of the molecule is O=C(O)c1nc2ccccc2n2nncc12. The first-order chi connectivity index (χ1) is 7.77. The number of hydrogen-bond acceptors (Lipinski definition) is 4. The van der Waals surface area contributed by atoms with E-state index in [1.807, 2.05) is 12.1 Å². The monoisotopic (exact) mass is 214 g/mol. The van der Waals surface area contributed by atoms with Crippen LogP contribution in [0.25, 0.3) is 16.6 Å².